The Labute approximate surface area is 145 Å². The highest BCUT2D eigenvalue weighted by Crippen LogP contribution is 2.24. The summed E-state index contributed by atoms with van der Waals surface area (Å²) in [5.74, 6) is 0. The van der Waals surface area contributed by atoms with Crippen LogP contribution in [0.3, 0.4) is 0 Å². The van der Waals surface area contributed by atoms with E-state index in [4.69, 9.17) is 9.47 Å². The highest BCUT2D eigenvalue weighted by atomic mass is 16.5. The van der Waals surface area contributed by atoms with Crippen molar-refractivity contribution in [3.8, 4) is 0 Å². The van der Waals surface area contributed by atoms with E-state index in [2.05, 4.69) is 15.5 Å². The fourth-order valence-electron chi connectivity index (χ4n) is 4.46. The summed E-state index contributed by atoms with van der Waals surface area (Å²) in [6.07, 6.45) is 9.24. The third-order valence-electron chi connectivity index (χ3n) is 5.90. The van der Waals surface area contributed by atoms with Crippen molar-refractivity contribution in [2.24, 2.45) is 0 Å². The van der Waals surface area contributed by atoms with Gasteiger partial charge in [-0.15, -0.1) is 0 Å². The normalized spacial score (nSPS) is 35.4. The van der Waals surface area contributed by atoms with Crippen molar-refractivity contribution in [1.82, 2.24) is 15.5 Å². The Morgan fingerprint density at radius 3 is 2.42 bits per heavy atom. The number of urea groups is 1. The number of nitrogens with zero attached hydrogens (tertiary/aromatic N) is 1. The number of hydrogen-bond acceptors (Lipinski definition) is 4. The van der Waals surface area contributed by atoms with Crippen molar-refractivity contribution >= 4 is 6.03 Å². The molecule has 0 aromatic carbocycles. The van der Waals surface area contributed by atoms with Crippen molar-refractivity contribution in [2.75, 3.05) is 33.4 Å². The van der Waals surface area contributed by atoms with Crippen LogP contribution in [0.5, 0.6) is 0 Å². The van der Waals surface area contributed by atoms with Crippen LogP contribution in [0.25, 0.3) is 0 Å². The Morgan fingerprint density at radius 2 is 1.71 bits per heavy atom. The van der Waals surface area contributed by atoms with Gasteiger partial charge < -0.3 is 20.1 Å². The first-order chi connectivity index (χ1) is 11.8. The quantitative estimate of drug-likeness (QED) is 0.821. The summed E-state index contributed by atoms with van der Waals surface area (Å²) in [5.41, 5.74) is 0. The fourth-order valence-corrected chi connectivity index (χ4v) is 4.46. The van der Waals surface area contributed by atoms with Crippen molar-refractivity contribution in [3.63, 3.8) is 0 Å². The summed E-state index contributed by atoms with van der Waals surface area (Å²) in [7, 11) is 1.78. The smallest absolute Gasteiger partial charge is 0.315 e. The number of rotatable bonds is 4. The summed E-state index contributed by atoms with van der Waals surface area (Å²) >= 11 is 0. The third kappa shape index (κ3) is 4.83. The zero-order valence-corrected chi connectivity index (χ0v) is 15.0. The lowest BCUT2D eigenvalue weighted by Gasteiger charge is -2.42. The molecular formula is C18H33N3O3. The van der Waals surface area contributed by atoms with Gasteiger partial charge in [-0.3, -0.25) is 4.90 Å². The van der Waals surface area contributed by atoms with Crippen molar-refractivity contribution in [1.29, 1.82) is 0 Å². The van der Waals surface area contributed by atoms with E-state index >= 15 is 0 Å². The van der Waals surface area contributed by atoms with Gasteiger partial charge in [-0.2, -0.15) is 0 Å². The van der Waals surface area contributed by atoms with Crippen LogP contribution >= 0.6 is 0 Å². The Bertz CT molecular complexity index is 393. The molecule has 1 heterocycles. The van der Waals surface area contributed by atoms with E-state index in [1.165, 1.54) is 19.3 Å². The molecule has 2 amide bonds. The van der Waals surface area contributed by atoms with Crippen LogP contribution in [0.4, 0.5) is 4.79 Å². The molecule has 3 rings (SSSR count). The van der Waals surface area contributed by atoms with Gasteiger partial charge >= 0.3 is 6.03 Å². The molecule has 24 heavy (non-hydrogen) atoms. The molecule has 0 aromatic rings. The molecule has 2 saturated carbocycles. The number of hydrogen-bond donors (Lipinski definition) is 2. The molecule has 1 aliphatic heterocycles. The lowest BCUT2D eigenvalue weighted by Crippen LogP contribution is -2.58. The fraction of sp³-hybridized carbons (Fsp3) is 0.944. The lowest BCUT2D eigenvalue weighted by molar-refractivity contribution is 0.000895. The van der Waals surface area contributed by atoms with Gasteiger partial charge in [0.1, 0.15) is 0 Å². The van der Waals surface area contributed by atoms with E-state index in [-0.39, 0.29) is 12.1 Å². The van der Waals surface area contributed by atoms with Gasteiger partial charge in [0.05, 0.1) is 19.3 Å². The van der Waals surface area contributed by atoms with Gasteiger partial charge in [-0.25, -0.2) is 4.79 Å². The SMILES string of the molecule is COC1CCC(NC(=O)NC2CCCCC2N2CCOCC2)CC1. The van der Waals surface area contributed by atoms with E-state index in [1.807, 2.05) is 0 Å². The molecule has 2 aliphatic carbocycles. The topological polar surface area (TPSA) is 62.8 Å². The molecule has 6 heteroatoms. The summed E-state index contributed by atoms with van der Waals surface area (Å²) in [6.45, 7) is 3.62. The molecule has 0 radical (unpaired) electrons. The Balaban J connectivity index is 1.46. The highest BCUT2D eigenvalue weighted by Gasteiger charge is 2.32. The second-order valence-electron chi connectivity index (χ2n) is 7.43. The van der Waals surface area contributed by atoms with Gasteiger partial charge in [0.25, 0.3) is 0 Å². The van der Waals surface area contributed by atoms with E-state index < -0.39 is 0 Å². The zero-order valence-electron chi connectivity index (χ0n) is 15.0. The summed E-state index contributed by atoms with van der Waals surface area (Å²) in [4.78, 5) is 15.0. The van der Waals surface area contributed by atoms with Gasteiger partial charge in [0, 0.05) is 38.3 Å². The van der Waals surface area contributed by atoms with Crippen LogP contribution in [-0.4, -0.2) is 68.6 Å². The number of nitrogens with one attached hydrogen (secondary N) is 2. The number of amides is 2. The average Bonchev–Trinajstić information content (AvgIpc) is 2.63. The van der Waals surface area contributed by atoms with E-state index in [0.717, 1.165) is 58.4 Å². The Hall–Kier alpha value is -0.850. The highest BCUT2D eigenvalue weighted by molar-refractivity contribution is 5.74. The zero-order chi connectivity index (χ0) is 16.8. The summed E-state index contributed by atoms with van der Waals surface area (Å²) in [6, 6.07) is 1.05. The number of morpholine rings is 1. The van der Waals surface area contributed by atoms with Crippen LogP contribution < -0.4 is 10.6 Å². The minimum Gasteiger partial charge on any atom is -0.381 e. The van der Waals surface area contributed by atoms with E-state index in [1.54, 1.807) is 7.11 Å². The molecule has 0 aromatic heterocycles. The number of ether oxygens (including phenoxy) is 2. The first-order valence-corrected chi connectivity index (χ1v) is 9.68. The number of carbonyl (C=O) groups is 1. The van der Waals surface area contributed by atoms with Crippen LogP contribution in [0.2, 0.25) is 0 Å². The van der Waals surface area contributed by atoms with Crippen LogP contribution in [0.1, 0.15) is 51.4 Å². The third-order valence-corrected chi connectivity index (χ3v) is 5.90. The van der Waals surface area contributed by atoms with Gasteiger partial charge in [-0.05, 0) is 38.5 Å². The molecule has 0 bridgehead atoms. The molecule has 2 atom stereocenters. The molecular weight excluding hydrogens is 306 g/mol. The maximum absolute atomic E-state index is 12.5. The second-order valence-corrected chi connectivity index (χ2v) is 7.43. The van der Waals surface area contributed by atoms with Crippen LogP contribution in [0, 0.1) is 0 Å². The lowest BCUT2D eigenvalue weighted by atomic mass is 9.89. The Morgan fingerprint density at radius 1 is 1.00 bits per heavy atom. The van der Waals surface area contributed by atoms with Crippen molar-refractivity contribution < 1.29 is 14.3 Å². The average molecular weight is 339 g/mol. The molecule has 6 nitrogen and oxygen atoms in total. The summed E-state index contributed by atoms with van der Waals surface area (Å²) in [5, 5.41) is 6.46. The molecule has 2 N–H and O–H groups in total. The van der Waals surface area contributed by atoms with E-state index in [9.17, 15) is 4.79 Å². The summed E-state index contributed by atoms with van der Waals surface area (Å²) < 4.78 is 10.9. The molecule has 1 saturated heterocycles. The van der Waals surface area contributed by atoms with E-state index in [0.29, 0.717) is 18.2 Å². The van der Waals surface area contributed by atoms with Crippen LogP contribution in [0.15, 0.2) is 0 Å². The predicted molar refractivity (Wildman–Crippen MR) is 93.2 cm³/mol. The van der Waals surface area contributed by atoms with Gasteiger partial charge in [0.2, 0.25) is 0 Å². The number of carbonyl (C=O) groups excluding carboxylic acids is 1. The number of methoxy groups -OCH3 is 1. The van der Waals surface area contributed by atoms with Gasteiger partial charge in [0.15, 0.2) is 0 Å². The van der Waals surface area contributed by atoms with Crippen LogP contribution in [-0.2, 0) is 9.47 Å². The first kappa shape index (κ1) is 18.0. The maximum atomic E-state index is 12.5. The minimum absolute atomic E-state index is 0.0148. The minimum atomic E-state index is 0.0148. The largest absolute Gasteiger partial charge is 0.381 e. The monoisotopic (exact) mass is 339 g/mol. The molecule has 0 spiro atoms. The second kappa shape index (κ2) is 9.02. The van der Waals surface area contributed by atoms with Crippen molar-refractivity contribution in [3.05, 3.63) is 0 Å². The van der Waals surface area contributed by atoms with Gasteiger partial charge in [-0.1, -0.05) is 12.8 Å². The Kier molecular flexibility index (Phi) is 6.75. The van der Waals surface area contributed by atoms with Crippen molar-refractivity contribution in [2.45, 2.75) is 75.6 Å². The first-order valence-electron chi connectivity index (χ1n) is 9.68. The molecule has 2 unspecified atom stereocenters. The standard InChI is InChI=1S/C18H33N3O3/c1-23-15-8-6-14(7-9-15)19-18(22)20-16-4-2-3-5-17(16)21-10-12-24-13-11-21/h14-17H,2-13H2,1H3,(H2,19,20,22). The molecule has 138 valence electrons. The predicted octanol–water partition coefficient (Wildman–Crippen LogP) is 1.89. The maximum Gasteiger partial charge on any atom is 0.315 e. The molecule has 3 aliphatic rings. The molecule has 3 fully saturated rings.